The summed E-state index contributed by atoms with van der Waals surface area (Å²) in [7, 11) is 1.98. The average Bonchev–Trinajstić information content (AvgIpc) is 2.82. The lowest BCUT2D eigenvalue weighted by Gasteiger charge is -2.19. The number of likely N-dealkylation sites (N-methyl/N-ethyl adjacent to an activating group) is 1. The molecule has 0 aromatic carbocycles. The first-order valence-corrected chi connectivity index (χ1v) is 6.18. The molecule has 0 aliphatic carbocycles. The highest BCUT2D eigenvalue weighted by atomic mass is 35.5. The number of hydrogen-bond donors (Lipinski definition) is 1. The smallest absolute Gasteiger partial charge is 0.114 e. The molecule has 1 aromatic heterocycles. The van der Waals surface area contributed by atoms with E-state index < -0.39 is 6.17 Å². The molecule has 2 atom stereocenters. The standard InChI is InChI=1S/C12H21FN4.ClH/c1-9(2)17-8-11(5-15-17)14-6-12-4-10(13)7-16(12)3;/h5,8-10,12,14H,4,6-7H2,1-3H3;1H/t10-,12+;/m1./s1. The first kappa shape index (κ1) is 15.2. The van der Waals surface area contributed by atoms with E-state index in [2.05, 4.69) is 29.2 Å². The van der Waals surface area contributed by atoms with Crippen molar-refractivity contribution in [2.75, 3.05) is 25.5 Å². The molecule has 0 spiro atoms. The SMILES string of the molecule is CC(C)n1cc(NC[C@@H]2C[C@@H](F)CN2C)cn1.Cl. The minimum atomic E-state index is -0.676. The summed E-state index contributed by atoms with van der Waals surface area (Å²) in [5, 5.41) is 7.58. The van der Waals surface area contributed by atoms with Crippen molar-refractivity contribution in [2.24, 2.45) is 0 Å². The monoisotopic (exact) mass is 276 g/mol. The first-order chi connectivity index (χ1) is 8.06. The zero-order chi connectivity index (χ0) is 12.4. The highest BCUT2D eigenvalue weighted by molar-refractivity contribution is 5.85. The Hall–Kier alpha value is -0.810. The van der Waals surface area contributed by atoms with Gasteiger partial charge < -0.3 is 5.32 Å². The molecule has 1 saturated heterocycles. The van der Waals surface area contributed by atoms with Gasteiger partial charge in [-0.1, -0.05) is 0 Å². The van der Waals surface area contributed by atoms with Gasteiger partial charge >= 0.3 is 0 Å². The summed E-state index contributed by atoms with van der Waals surface area (Å²) in [4.78, 5) is 2.07. The van der Waals surface area contributed by atoms with Crippen molar-refractivity contribution in [1.29, 1.82) is 0 Å². The molecular formula is C12H22ClFN4. The molecule has 1 N–H and O–H groups in total. The molecular weight excluding hydrogens is 255 g/mol. The molecule has 104 valence electrons. The van der Waals surface area contributed by atoms with Gasteiger partial charge in [-0.15, -0.1) is 12.4 Å². The lowest BCUT2D eigenvalue weighted by molar-refractivity contribution is 0.300. The summed E-state index contributed by atoms with van der Waals surface area (Å²) in [6.45, 7) is 5.52. The van der Waals surface area contributed by atoms with Gasteiger partial charge in [0.05, 0.1) is 11.9 Å². The van der Waals surface area contributed by atoms with Gasteiger partial charge in [0.15, 0.2) is 0 Å². The normalized spacial score (nSPS) is 24.3. The Kier molecular flexibility index (Phi) is 5.41. The number of halogens is 2. The second-order valence-corrected chi connectivity index (χ2v) is 5.11. The van der Waals surface area contributed by atoms with Crippen LogP contribution in [0, 0.1) is 0 Å². The predicted molar refractivity (Wildman–Crippen MR) is 74.3 cm³/mol. The van der Waals surface area contributed by atoms with Crippen LogP contribution in [0.4, 0.5) is 10.1 Å². The molecule has 0 radical (unpaired) electrons. The number of rotatable bonds is 4. The fraction of sp³-hybridized carbons (Fsp3) is 0.750. The maximum atomic E-state index is 13.2. The number of alkyl halides is 1. The molecule has 0 unspecified atom stereocenters. The van der Waals surface area contributed by atoms with Crippen LogP contribution in [0.2, 0.25) is 0 Å². The van der Waals surface area contributed by atoms with Crippen LogP contribution in [-0.4, -0.2) is 47.0 Å². The average molecular weight is 277 g/mol. The highest BCUT2D eigenvalue weighted by Gasteiger charge is 2.28. The van der Waals surface area contributed by atoms with Gasteiger partial charge in [-0.25, -0.2) is 4.39 Å². The Morgan fingerprint density at radius 3 is 2.78 bits per heavy atom. The van der Waals surface area contributed by atoms with E-state index in [-0.39, 0.29) is 18.4 Å². The molecule has 18 heavy (non-hydrogen) atoms. The third-order valence-electron chi connectivity index (χ3n) is 3.31. The summed E-state index contributed by atoms with van der Waals surface area (Å²) in [6.07, 6.45) is 3.76. The van der Waals surface area contributed by atoms with E-state index in [0.29, 0.717) is 19.0 Å². The fourth-order valence-corrected chi connectivity index (χ4v) is 2.20. The van der Waals surface area contributed by atoms with E-state index in [1.807, 2.05) is 24.1 Å². The van der Waals surface area contributed by atoms with Crippen molar-refractivity contribution in [2.45, 2.75) is 38.5 Å². The minimum absolute atomic E-state index is 0. The number of nitrogens with one attached hydrogen (secondary N) is 1. The van der Waals surface area contributed by atoms with E-state index in [0.717, 1.165) is 12.2 Å². The van der Waals surface area contributed by atoms with Crippen LogP contribution in [0.15, 0.2) is 12.4 Å². The third-order valence-corrected chi connectivity index (χ3v) is 3.31. The van der Waals surface area contributed by atoms with Crippen LogP contribution < -0.4 is 5.32 Å². The lowest BCUT2D eigenvalue weighted by Crippen LogP contribution is -2.31. The number of hydrogen-bond acceptors (Lipinski definition) is 3. The molecule has 2 heterocycles. The number of anilines is 1. The summed E-state index contributed by atoms with van der Waals surface area (Å²) in [5.41, 5.74) is 1.01. The fourth-order valence-electron chi connectivity index (χ4n) is 2.20. The van der Waals surface area contributed by atoms with E-state index in [4.69, 9.17) is 0 Å². The van der Waals surface area contributed by atoms with Gasteiger partial charge in [0.1, 0.15) is 6.17 Å². The summed E-state index contributed by atoms with van der Waals surface area (Å²) in [6, 6.07) is 0.655. The molecule has 1 aromatic rings. The first-order valence-electron chi connectivity index (χ1n) is 6.18. The number of nitrogens with zero attached hydrogens (tertiary/aromatic N) is 3. The van der Waals surface area contributed by atoms with Crippen molar-refractivity contribution in [3.63, 3.8) is 0 Å². The largest absolute Gasteiger partial charge is 0.381 e. The Morgan fingerprint density at radius 1 is 1.56 bits per heavy atom. The van der Waals surface area contributed by atoms with E-state index >= 15 is 0 Å². The van der Waals surface area contributed by atoms with Crippen LogP contribution in [0.1, 0.15) is 26.3 Å². The minimum Gasteiger partial charge on any atom is -0.381 e. The van der Waals surface area contributed by atoms with Crippen molar-refractivity contribution < 1.29 is 4.39 Å². The molecule has 1 aliphatic rings. The van der Waals surface area contributed by atoms with E-state index in [1.54, 1.807) is 0 Å². The zero-order valence-electron chi connectivity index (χ0n) is 11.1. The van der Waals surface area contributed by atoms with Crippen LogP contribution >= 0.6 is 12.4 Å². The molecule has 1 aliphatic heterocycles. The van der Waals surface area contributed by atoms with Crippen molar-refractivity contribution in [3.05, 3.63) is 12.4 Å². The van der Waals surface area contributed by atoms with E-state index in [1.165, 1.54) is 0 Å². The highest BCUT2D eigenvalue weighted by Crippen LogP contribution is 2.19. The molecule has 6 heteroatoms. The molecule has 0 bridgehead atoms. The Balaban J connectivity index is 0.00000162. The van der Waals surface area contributed by atoms with Crippen LogP contribution in [-0.2, 0) is 0 Å². The van der Waals surface area contributed by atoms with Crippen molar-refractivity contribution >= 4 is 18.1 Å². The Bertz CT molecular complexity index is 369. The van der Waals surface area contributed by atoms with Crippen molar-refractivity contribution in [1.82, 2.24) is 14.7 Å². The summed E-state index contributed by atoms with van der Waals surface area (Å²) >= 11 is 0. The predicted octanol–water partition coefficient (Wildman–Crippen LogP) is 2.34. The third kappa shape index (κ3) is 3.59. The van der Waals surface area contributed by atoms with Gasteiger partial charge in [-0.3, -0.25) is 9.58 Å². The van der Waals surface area contributed by atoms with Crippen molar-refractivity contribution in [3.8, 4) is 0 Å². The summed E-state index contributed by atoms with van der Waals surface area (Å²) < 4.78 is 15.1. The van der Waals surface area contributed by atoms with Gasteiger partial charge in [0, 0.05) is 31.4 Å². The maximum absolute atomic E-state index is 13.2. The van der Waals surface area contributed by atoms with Gasteiger partial charge in [0.2, 0.25) is 0 Å². The Morgan fingerprint density at radius 2 is 2.28 bits per heavy atom. The van der Waals surface area contributed by atoms with Crippen LogP contribution in [0.5, 0.6) is 0 Å². The second kappa shape index (κ2) is 6.38. The molecule has 4 nitrogen and oxygen atoms in total. The van der Waals surface area contributed by atoms with Gasteiger partial charge in [-0.05, 0) is 27.3 Å². The second-order valence-electron chi connectivity index (χ2n) is 5.11. The topological polar surface area (TPSA) is 33.1 Å². The zero-order valence-corrected chi connectivity index (χ0v) is 12.0. The van der Waals surface area contributed by atoms with Crippen LogP contribution in [0.3, 0.4) is 0 Å². The Labute approximate surface area is 114 Å². The molecule has 0 saturated carbocycles. The van der Waals surface area contributed by atoms with E-state index in [9.17, 15) is 4.39 Å². The molecule has 2 rings (SSSR count). The maximum Gasteiger partial charge on any atom is 0.114 e. The van der Waals surface area contributed by atoms with Gasteiger partial charge in [0.25, 0.3) is 0 Å². The number of aromatic nitrogens is 2. The van der Waals surface area contributed by atoms with Gasteiger partial charge in [-0.2, -0.15) is 5.10 Å². The quantitative estimate of drug-likeness (QED) is 0.916. The molecule has 1 fully saturated rings. The number of likely N-dealkylation sites (tertiary alicyclic amines) is 1. The van der Waals surface area contributed by atoms with Crippen LogP contribution in [0.25, 0.3) is 0 Å². The lowest BCUT2D eigenvalue weighted by atomic mass is 10.2. The summed E-state index contributed by atoms with van der Waals surface area (Å²) in [5.74, 6) is 0. The molecule has 0 amide bonds.